The number of benzene rings is 2. The number of aromatic nitrogens is 2. The summed E-state index contributed by atoms with van der Waals surface area (Å²) in [4.78, 5) is 31.1. The fraction of sp³-hybridized carbons (Fsp3) is 0.615. The average Bonchev–Trinajstić information content (AvgIpc) is 3.83. The summed E-state index contributed by atoms with van der Waals surface area (Å²) in [5.41, 5.74) is 1.62. The van der Waals surface area contributed by atoms with E-state index in [0.717, 1.165) is 25.8 Å². The van der Waals surface area contributed by atoms with Crippen LogP contribution in [0.4, 0.5) is 22.0 Å². The maximum absolute atomic E-state index is 15.6. The van der Waals surface area contributed by atoms with Crippen molar-refractivity contribution in [3.05, 3.63) is 65.0 Å². The number of amides is 2. The molecule has 2 aliphatic rings. The van der Waals surface area contributed by atoms with Gasteiger partial charge in [-0.2, -0.15) is 13.2 Å². The van der Waals surface area contributed by atoms with Crippen molar-refractivity contribution >= 4 is 41.9 Å². The van der Waals surface area contributed by atoms with Crippen molar-refractivity contribution < 1.29 is 50.0 Å². The number of halogens is 5. The lowest BCUT2D eigenvalue weighted by atomic mass is 10.1. The van der Waals surface area contributed by atoms with Crippen molar-refractivity contribution in [1.82, 2.24) is 24.5 Å². The van der Waals surface area contributed by atoms with Crippen LogP contribution in [0, 0.1) is 0 Å². The Morgan fingerprint density at radius 3 is 2.18 bits per heavy atom. The van der Waals surface area contributed by atoms with Crippen molar-refractivity contribution in [2.75, 3.05) is 26.3 Å². The first-order valence-electron chi connectivity index (χ1n) is 19.1. The third-order valence-electron chi connectivity index (χ3n) is 9.74. The van der Waals surface area contributed by atoms with Gasteiger partial charge >= 0.3 is 6.18 Å². The predicted octanol–water partition coefficient (Wildman–Crippen LogP) is 7.54. The maximum atomic E-state index is 15.6. The molecule has 1 aliphatic heterocycles. The van der Waals surface area contributed by atoms with Gasteiger partial charge in [-0.3, -0.25) is 14.5 Å². The van der Waals surface area contributed by atoms with Crippen LogP contribution in [0.5, 0.6) is 0 Å². The van der Waals surface area contributed by atoms with E-state index in [0.29, 0.717) is 28.1 Å². The lowest BCUT2D eigenvalue weighted by molar-refractivity contribution is -0.227. The molecule has 11 nitrogen and oxygen atoms in total. The van der Waals surface area contributed by atoms with Gasteiger partial charge in [-0.15, -0.1) is 0 Å². The lowest BCUT2D eigenvalue weighted by Gasteiger charge is -2.30. The van der Waals surface area contributed by atoms with Gasteiger partial charge in [-0.1, -0.05) is 37.8 Å². The lowest BCUT2D eigenvalue weighted by Crippen LogP contribution is -2.46. The van der Waals surface area contributed by atoms with Gasteiger partial charge in [0.05, 0.1) is 75.8 Å². The quantitative estimate of drug-likeness (QED) is 0.0518. The molecule has 1 saturated carbocycles. The molecule has 2 N–H and O–H groups in total. The van der Waals surface area contributed by atoms with Gasteiger partial charge < -0.3 is 24.1 Å². The Balaban J connectivity index is 1.47. The van der Waals surface area contributed by atoms with Crippen molar-refractivity contribution in [1.29, 1.82) is 0 Å². The Morgan fingerprint density at radius 1 is 0.982 bits per heavy atom. The van der Waals surface area contributed by atoms with E-state index in [1.807, 2.05) is 0 Å². The molecule has 5 rings (SSSR count). The standard InChI is InChI=1S/C39H54F5N5O6SSi/c1-24(55-25(2)39(42,43)44)33(47-56(52)37(3,4)5)34-46-30-19-26(13-16-32(30)49(34)23-53-17-18-57(6,7)8)31(20-54-27-14-15-27)45-21-38(40,41)22-48-35(50)28-11-9-10-12-29(28)36(48)51/h9-13,16,19,24-25,27,31,33,45,47H,14-15,17-18,20-23H2,1-8H3/t24-,25+,31-,33+,56-/m1/s1. The summed E-state index contributed by atoms with van der Waals surface area (Å²) >= 11 is 0. The molecule has 0 saturated heterocycles. The van der Waals surface area contributed by atoms with Crippen LogP contribution in [0.3, 0.4) is 0 Å². The molecule has 2 amide bonds. The first kappa shape index (κ1) is 45.0. The fourth-order valence-electron chi connectivity index (χ4n) is 6.10. The first-order chi connectivity index (χ1) is 26.4. The number of imide groups is 1. The van der Waals surface area contributed by atoms with Gasteiger partial charge in [0.2, 0.25) is 0 Å². The molecule has 3 aromatic rings. The Labute approximate surface area is 334 Å². The molecule has 1 aromatic heterocycles. The zero-order valence-electron chi connectivity index (χ0n) is 33.7. The van der Waals surface area contributed by atoms with E-state index in [-0.39, 0.29) is 36.4 Å². The summed E-state index contributed by atoms with van der Waals surface area (Å²) in [6.45, 7) is 12.6. The summed E-state index contributed by atoms with van der Waals surface area (Å²) in [5, 5.41) is 2.89. The Bertz CT molecular complexity index is 1890. The molecule has 57 heavy (non-hydrogen) atoms. The number of nitrogens with one attached hydrogen (secondary N) is 2. The van der Waals surface area contributed by atoms with Gasteiger partial charge in [-0.25, -0.2) is 22.7 Å². The normalized spacial score (nSPS) is 18.2. The molecule has 5 atom stereocenters. The average molecular weight is 844 g/mol. The number of carbonyl (C=O) groups excluding carboxylic acids is 2. The summed E-state index contributed by atoms with van der Waals surface area (Å²) in [5.74, 6) is -4.85. The van der Waals surface area contributed by atoms with E-state index < -0.39 is 85.1 Å². The number of imidazole rings is 1. The fourth-order valence-corrected chi connectivity index (χ4v) is 7.74. The molecule has 2 aromatic carbocycles. The molecule has 18 heteroatoms. The molecule has 1 aliphatic carbocycles. The van der Waals surface area contributed by atoms with Crippen LogP contribution in [0.15, 0.2) is 42.5 Å². The van der Waals surface area contributed by atoms with Gasteiger partial charge in [0.15, 0.2) is 6.10 Å². The number of rotatable bonds is 20. The number of alkyl halides is 5. The number of fused-ring (bicyclic) bond motifs is 2. The van der Waals surface area contributed by atoms with Crippen molar-refractivity contribution in [3.63, 3.8) is 0 Å². The minimum absolute atomic E-state index is 0.00731. The van der Waals surface area contributed by atoms with Crippen molar-refractivity contribution in [2.45, 2.75) is 127 Å². The van der Waals surface area contributed by atoms with E-state index in [1.165, 1.54) is 19.1 Å². The minimum Gasteiger partial charge on any atom is -0.376 e. The zero-order chi connectivity index (χ0) is 42.1. The maximum Gasteiger partial charge on any atom is 0.414 e. The molecule has 0 bridgehead atoms. The molecular formula is C39H54F5N5O6SSi. The number of hydrogen-bond acceptors (Lipinski definition) is 8. The number of nitrogens with zero attached hydrogens (tertiary/aromatic N) is 3. The number of carbonyl (C=O) groups is 2. The molecule has 0 radical (unpaired) electrons. The SMILES string of the molecule is C[C@H](O[C@H](C)[C@H](N[S@](=O)C(C)(C)C)c1nc2cc([C@@H](COC3CC3)NCC(F)(F)CN3C(=O)c4ccccc4C3=O)ccc2n1COCC[Si](C)(C)C)C(F)(F)F. The van der Waals surface area contributed by atoms with E-state index in [4.69, 9.17) is 19.2 Å². The third-order valence-corrected chi connectivity index (χ3v) is 13.0. The van der Waals surface area contributed by atoms with Crippen LogP contribution in [-0.4, -0.2) is 100 Å². The minimum atomic E-state index is -4.65. The summed E-state index contributed by atoms with van der Waals surface area (Å²) < 4.78 is 107. The van der Waals surface area contributed by atoms with E-state index in [9.17, 15) is 27.0 Å². The van der Waals surface area contributed by atoms with E-state index >= 15 is 8.78 Å². The molecule has 0 spiro atoms. The van der Waals surface area contributed by atoms with Crippen LogP contribution in [0.25, 0.3) is 11.0 Å². The van der Waals surface area contributed by atoms with Gasteiger partial charge in [0.1, 0.15) is 18.6 Å². The first-order valence-corrected chi connectivity index (χ1v) is 24.0. The van der Waals surface area contributed by atoms with E-state index in [1.54, 1.807) is 55.7 Å². The highest BCUT2D eigenvalue weighted by atomic mass is 32.2. The zero-order valence-corrected chi connectivity index (χ0v) is 35.5. The second-order valence-electron chi connectivity index (χ2n) is 17.1. The van der Waals surface area contributed by atoms with Crippen LogP contribution < -0.4 is 10.0 Å². The molecule has 1 fully saturated rings. The van der Waals surface area contributed by atoms with Crippen molar-refractivity contribution in [2.24, 2.45) is 0 Å². The smallest absolute Gasteiger partial charge is 0.376 e. The highest BCUT2D eigenvalue weighted by Gasteiger charge is 2.43. The van der Waals surface area contributed by atoms with Crippen LogP contribution >= 0.6 is 0 Å². The molecule has 2 heterocycles. The Hall–Kier alpha value is -3.13. The second kappa shape index (κ2) is 17.6. The number of hydrogen-bond donors (Lipinski definition) is 2. The largest absolute Gasteiger partial charge is 0.414 e. The Kier molecular flexibility index (Phi) is 13.9. The van der Waals surface area contributed by atoms with Gasteiger partial charge in [0, 0.05) is 14.7 Å². The van der Waals surface area contributed by atoms with Crippen molar-refractivity contribution in [3.8, 4) is 0 Å². The van der Waals surface area contributed by atoms with Crippen LogP contribution in [0.1, 0.15) is 91.6 Å². The van der Waals surface area contributed by atoms with Gasteiger partial charge in [0.25, 0.3) is 17.7 Å². The monoisotopic (exact) mass is 843 g/mol. The highest BCUT2D eigenvalue weighted by Crippen LogP contribution is 2.33. The summed E-state index contributed by atoms with van der Waals surface area (Å²) in [7, 11) is -3.25. The topological polar surface area (TPSA) is 124 Å². The van der Waals surface area contributed by atoms with Crippen LogP contribution in [0.2, 0.25) is 25.7 Å². The molecule has 316 valence electrons. The highest BCUT2D eigenvalue weighted by molar-refractivity contribution is 7.84. The molecule has 0 unspecified atom stereocenters. The third kappa shape index (κ3) is 11.8. The van der Waals surface area contributed by atoms with Gasteiger partial charge in [-0.05, 0) is 83.3 Å². The second-order valence-corrected chi connectivity index (χ2v) is 24.7. The molecular weight excluding hydrogens is 790 g/mol. The summed E-state index contributed by atoms with van der Waals surface area (Å²) in [6.07, 6.45) is -6.29. The van der Waals surface area contributed by atoms with E-state index in [2.05, 4.69) is 29.7 Å². The number of ether oxygens (including phenoxy) is 3. The predicted molar refractivity (Wildman–Crippen MR) is 210 cm³/mol. The van der Waals surface area contributed by atoms with Crippen LogP contribution in [-0.2, 0) is 31.9 Å². The Morgan fingerprint density at radius 2 is 1.61 bits per heavy atom. The summed E-state index contributed by atoms with van der Waals surface area (Å²) in [6, 6.07) is 10.1.